The number of nitrogens with one attached hydrogen (secondary N) is 2. The summed E-state index contributed by atoms with van der Waals surface area (Å²) in [5.41, 5.74) is 3.28. The molecule has 3 N–H and O–H groups in total. The van der Waals surface area contributed by atoms with E-state index >= 15 is 0 Å². The first-order valence-electron chi connectivity index (χ1n) is 12.1. The predicted molar refractivity (Wildman–Crippen MR) is 158 cm³/mol. The molecule has 39 heavy (non-hydrogen) atoms. The first kappa shape index (κ1) is 26.1. The minimum Gasteiger partial charge on any atom is -0.507 e. The lowest BCUT2D eigenvalue weighted by Crippen LogP contribution is -2.34. The number of hydrogen-bond acceptors (Lipinski definition) is 4. The number of phenolic OH excluding ortho intramolecular Hbond substituents is 1. The third kappa shape index (κ3) is 5.39. The Hall–Kier alpha value is -4.52. The van der Waals surface area contributed by atoms with E-state index in [0.717, 1.165) is 27.8 Å². The van der Waals surface area contributed by atoms with E-state index in [9.17, 15) is 14.7 Å². The SMILES string of the molecule is Cc1c(O)c(C(=O)NC(=O)Nc2ccc(N(c3ccccc3Cl)c3ccccc3Cl)cc2)cc2ccccc12. The molecule has 5 rings (SSSR count). The van der Waals surface area contributed by atoms with E-state index in [0.29, 0.717) is 21.3 Å². The maximum Gasteiger partial charge on any atom is 0.326 e. The van der Waals surface area contributed by atoms with Crippen molar-refractivity contribution in [3.8, 4) is 5.75 Å². The maximum absolute atomic E-state index is 12.8. The van der Waals surface area contributed by atoms with Gasteiger partial charge in [0.15, 0.2) is 0 Å². The lowest BCUT2D eigenvalue weighted by Gasteiger charge is -2.27. The zero-order valence-electron chi connectivity index (χ0n) is 20.8. The molecule has 6 nitrogen and oxygen atoms in total. The summed E-state index contributed by atoms with van der Waals surface area (Å²) in [6, 6.07) is 30.1. The van der Waals surface area contributed by atoms with E-state index in [1.165, 1.54) is 0 Å². The van der Waals surface area contributed by atoms with E-state index in [1.807, 2.05) is 77.7 Å². The zero-order chi connectivity index (χ0) is 27.5. The molecule has 0 fully saturated rings. The lowest BCUT2D eigenvalue weighted by molar-refractivity contribution is 0.0964. The normalized spacial score (nSPS) is 10.7. The van der Waals surface area contributed by atoms with Crippen molar-refractivity contribution in [2.75, 3.05) is 10.2 Å². The van der Waals surface area contributed by atoms with Crippen LogP contribution in [0, 0.1) is 6.92 Å². The van der Waals surface area contributed by atoms with Gasteiger partial charge in [-0.05, 0) is 77.9 Å². The van der Waals surface area contributed by atoms with E-state index in [1.54, 1.807) is 37.3 Å². The highest BCUT2D eigenvalue weighted by Gasteiger charge is 2.19. The summed E-state index contributed by atoms with van der Waals surface area (Å²) >= 11 is 13.0. The molecule has 0 radical (unpaired) electrons. The summed E-state index contributed by atoms with van der Waals surface area (Å²) in [6.07, 6.45) is 0. The lowest BCUT2D eigenvalue weighted by atomic mass is 10.00. The Morgan fingerprint density at radius 1 is 0.769 bits per heavy atom. The number of halogens is 2. The quantitative estimate of drug-likeness (QED) is 0.203. The van der Waals surface area contributed by atoms with Crippen LogP contribution in [0.25, 0.3) is 10.8 Å². The van der Waals surface area contributed by atoms with E-state index in [4.69, 9.17) is 23.2 Å². The Morgan fingerprint density at radius 2 is 1.33 bits per heavy atom. The van der Waals surface area contributed by atoms with Gasteiger partial charge in [-0.25, -0.2) is 4.79 Å². The molecule has 0 heterocycles. The van der Waals surface area contributed by atoms with E-state index < -0.39 is 11.9 Å². The van der Waals surface area contributed by atoms with Crippen LogP contribution in [0.1, 0.15) is 15.9 Å². The van der Waals surface area contributed by atoms with Crippen molar-refractivity contribution in [2.24, 2.45) is 0 Å². The van der Waals surface area contributed by atoms with Gasteiger partial charge in [-0.2, -0.15) is 0 Å². The highest BCUT2D eigenvalue weighted by Crippen LogP contribution is 2.41. The molecule has 5 aromatic carbocycles. The molecule has 0 unspecified atom stereocenters. The number of rotatable bonds is 5. The number of aryl methyl sites for hydroxylation is 1. The van der Waals surface area contributed by atoms with Crippen molar-refractivity contribution < 1.29 is 14.7 Å². The Bertz CT molecular complexity index is 1660. The van der Waals surface area contributed by atoms with Gasteiger partial charge in [-0.1, -0.05) is 71.7 Å². The van der Waals surface area contributed by atoms with Crippen LogP contribution in [-0.4, -0.2) is 17.0 Å². The number of phenols is 1. The highest BCUT2D eigenvalue weighted by molar-refractivity contribution is 6.35. The Kier molecular flexibility index (Phi) is 7.41. The molecule has 3 amide bonds. The zero-order valence-corrected chi connectivity index (χ0v) is 22.3. The topological polar surface area (TPSA) is 81.7 Å². The minimum absolute atomic E-state index is 0.0202. The van der Waals surface area contributed by atoms with Crippen LogP contribution in [0.3, 0.4) is 0 Å². The third-order valence-electron chi connectivity index (χ3n) is 6.32. The summed E-state index contributed by atoms with van der Waals surface area (Å²) in [5, 5.41) is 18.2. The molecule has 194 valence electrons. The number of imide groups is 1. The van der Waals surface area contributed by atoms with E-state index in [-0.39, 0.29) is 11.3 Å². The monoisotopic (exact) mass is 555 g/mol. The molecular formula is C31H23Cl2N3O3. The van der Waals surface area contributed by atoms with Crippen molar-refractivity contribution in [1.82, 2.24) is 5.32 Å². The molecule has 0 saturated heterocycles. The molecule has 0 aliphatic heterocycles. The smallest absolute Gasteiger partial charge is 0.326 e. The van der Waals surface area contributed by atoms with Crippen molar-refractivity contribution in [3.63, 3.8) is 0 Å². The van der Waals surface area contributed by atoms with Gasteiger partial charge in [-0.15, -0.1) is 0 Å². The molecular weight excluding hydrogens is 533 g/mol. The second-order valence-corrected chi connectivity index (χ2v) is 9.63. The van der Waals surface area contributed by atoms with Crippen molar-refractivity contribution in [2.45, 2.75) is 6.92 Å². The van der Waals surface area contributed by atoms with Crippen LogP contribution in [0.4, 0.5) is 27.5 Å². The second kappa shape index (κ2) is 11.1. The number of fused-ring (bicyclic) bond motifs is 1. The predicted octanol–water partition coefficient (Wildman–Crippen LogP) is 8.59. The van der Waals surface area contributed by atoms with Crippen LogP contribution in [-0.2, 0) is 0 Å². The second-order valence-electron chi connectivity index (χ2n) is 8.81. The number of amides is 3. The van der Waals surface area contributed by atoms with Gasteiger partial charge in [0.05, 0.1) is 27.0 Å². The van der Waals surface area contributed by atoms with Gasteiger partial charge in [0.2, 0.25) is 0 Å². The van der Waals surface area contributed by atoms with Crippen LogP contribution in [0.5, 0.6) is 5.75 Å². The van der Waals surface area contributed by atoms with Crippen LogP contribution < -0.4 is 15.5 Å². The number of carbonyl (C=O) groups is 2. The van der Waals surface area contributed by atoms with Gasteiger partial charge >= 0.3 is 6.03 Å². The molecule has 0 aliphatic carbocycles. The summed E-state index contributed by atoms with van der Waals surface area (Å²) in [4.78, 5) is 27.4. The number of aromatic hydroxyl groups is 1. The van der Waals surface area contributed by atoms with Crippen LogP contribution in [0.2, 0.25) is 10.0 Å². The fourth-order valence-electron chi connectivity index (χ4n) is 4.39. The number of urea groups is 1. The molecule has 0 bridgehead atoms. The number of hydrogen-bond donors (Lipinski definition) is 3. The van der Waals surface area contributed by atoms with Gasteiger partial charge in [0.1, 0.15) is 5.75 Å². The Morgan fingerprint density at radius 3 is 1.95 bits per heavy atom. The summed E-state index contributed by atoms with van der Waals surface area (Å²) in [7, 11) is 0. The molecule has 0 saturated carbocycles. The summed E-state index contributed by atoms with van der Waals surface area (Å²) in [6.45, 7) is 1.73. The summed E-state index contributed by atoms with van der Waals surface area (Å²) in [5.74, 6) is -0.873. The minimum atomic E-state index is -0.730. The number of anilines is 4. The molecule has 0 atom stereocenters. The van der Waals surface area contributed by atoms with Gasteiger partial charge < -0.3 is 15.3 Å². The molecule has 0 aromatic heterocycles. The number of benzene rings is 5. The van der Waals surface area contributed by atoms with Crippen molar-refractivity contribution in [1.29, 1.82) is 0 Å². The molecule has 8 heteroatoms. The molecule has 0 aliphatic rings. The molecule has 5 aromatic rings. The highest BCUT2D eigenvalue weighted by atomic mass is 35.5. The number of para-hydroxylation sites is 2. The van der Waals surface area contributed by atoms with Crippen molar-refractivity contribution >= 4 is 68.7 Å². The van der Waals surface area contributed by atoms with Gasteiger partial charge in [-0.3, -0.25) is 10.1 Å². The first-order chi connectivity index (χ1) is 18.8. The van der Waals surface area contributed by atoms with Gasteiger partial charge in [0.25, 0.3) is 5.91 Å². The number of nitrogens with zero attached hydrogens (tertiary/aromatic N) is 1. The first-order valence-corrected chi connectivity index (χ1v) is 12.8. The van der Waals surface area contributed by atoms with Crippen LogP contribution >= 0.6 is 23.2 Å². The Balaban J connectivity index is 1.36. The van der Waals surface area contributed by atoms with Crippen LogP contribution in [0.15, 0.2) is 103 Å². The standard InChI is InChI=1S/C31H23Cl2N3O3/c1-19-23-9-3-2-8-20(23)18-24(29(19)37)30(38)35-31(39)34-21-14-16-22(17-15-21)36(27-12-6-4-10-25(27)32)28-13-7-5-11-26(28)33/h2-18,37H,1H3,(H2,34,35,38,39). The number of carbonyl (C=O) groups excluding carboxylic acids is 2. The van der Waals surface area contributed by atoms with Crippen molar-refractivity contribution in [3.05, 3.63) is 124 Å². The average Bonchev–Trinajstić information content (AvgIpc) is 2.93. The summed E-state index contributed by atoms with van der Waals surface area (Å²) < 4.78 is 0. The molecule has 0 spiro atoms. The largest absolute Gasteiger partial charge is 0.507 e. The average molecular weight is 556 g/mol. The van der Waals surface area contributed by atoms with Gasteiger partial charge in [0, 0.05) is 11.4 Å². The van der Waals surface area contributed by atoms with E-state index in [2.05, 4.69) is 10.6 Å². The fraction of sp³-hybridized carbons (Fsp3) is 0.0323. The third-order valence-corrected chi connectivity index (χ3v) is 6.96. The maximum atomic E-state index is 12.8. The fourth-order valence-corrected chi connectivity index (χ4v) is 4.83. The Labute approximate surface area is 235 Å².